The molecular weight excluding hydrogens is 225 g/mol. The van der Waals surface area contributed by atoms with Gasteiger partial charge in [-0.15, -0.1) is 0 Å². The fourth-order valence-corrected chi connectivity index (χ4v) is 3.27. The fourth-order valence-electron chi connectivity index (χ4n) is 1.33. The van der Waals surface area contributed by atoms with Gasteiger partial charge in [-0.3, -0.25) is 4.57 Å². The van der Waals surface area contributed by atoms with Crippen LogP contribution in [0.1, 0.15) is 6.92 Å². The molecule has 0 N–H and O–H groups in total. The summed E-state index contributed by atoms with van der Waals surface area (Å²) in [7, 11) is -0.219. The Morgan fingerprint density at radius 2 is 2.07 bits per heavy atom. The Morgan fingerprint density at radius 3 is 2.47 bits per heavy atom. The van der Waals surface area contributed by atoms with Gasteiger partial charge in [-0.2, -0.15) is 0 Å². The molecule has 1 fully saturated rings. The van der Waals surface area contributed by atoms with Crippen molar-refractivity contribution < 1.29 is 28.2 Å². The maximum Gasteiger partial charge on any atom is 0.418 e. The van der Waals surface area contributed by atoms with Crippen molar-refractivity contribution in [2.45, 2.75) is 12.3 Å². The number of hydrogen-bond acceptors (Lipinski definition) is 6. The highest BCUT2D eigenvalue weighted by Crippen LogP contribution is 2.65. The number of carbonyl (C=O) groups is 2. The van der Waals surface area contributed by atoms with Crippen molar-refractivity contribution in [2.24, 2.45) is 0 Å². The van der Waals surface area contributed by atoms with Gasteiger partial charge in [0.2, 0.25) is 0 Å². The van der Waals surface area contributed by atoms with Crippen LogP contribution < -0.4 is 0 Å². The van der Waals surface area contributed by atoms with Crippen molar-refractivity contribution >= 4 is 19.6 Å². The van der Waals surface area contributed by atoms with Crippen molar-refractivity contribution in [2.75, 3.05) is 21.3 Å². The quantitative estimate of drug-likeness (QED) is 0.521. The van der Waals surface area contributed by atoms with Crippen LogP contribution in [0, 0.1) is 0 Å². The Bertz CT molecular complexity index is 355. The molecule has 2 atom stereocenters. The number of methoxy groups -OCH3 is 1. The van der Waals surface area contributed by atoms with Crippen LogP contribution in [0.25, 0.3) is 0 Å². The van der Waals surface area contributed by atoms with Gasteiger partial charge in [0.1, 0.15) is 0 Å². The highest BCUT2D eigenvalue weighted by molar-refractivity contribution is 7.60. The minimum absolute atomic E-state index is 0.782. The average molecular weight is 237 g/mol. The van der Waals surface area contributed by atoms with Crippen LogP contribution in [-0.2, 0) is 23.4 Å². The van der Waals surface area contributed by atoms with Gasteiger partial charge in [0.15, 0.2) is 0 Å². The highest BCUT2D eigenvalue weighted by atomic mass is 31.2. The molecule has 1 aliphatic heterocycles. The van der Waals surface area contributed by atoms with E-state index in [-0.39, 0.29) is 0 Å². The molecular formula is C7H12NO6P. The summed E-state index contributed by atoms with van der Waals surface area (Å²) in [5, 5.41) is -1.90. The molecule has 7 nitrogen and oxygen atoms in total. The Labute approximate surface area is 86.8 Å². The van der Waals surface area contributed by atoms with Crippen LogP contribution >= 0.6 is 7.52 Å². The lowest BCUT2D eigenvalue weighted by atomic mass is 10.4. The summed E-state index contributed by atoms with van der Waals surface area (Å²) in [5.41, 5.74) is 0. The van der Waals surface area contributed by atoms with Crippen molar-refractivity contribution in [3.05, 3.63) is 0 Å². The third-order valence-electron chi connectivity index (χ3n) is 2.30. The van der Waals surface area contributed by atoms with Crippen molar-refractivity contribution in [1.29, 1.82) is 0 Å². The molecule has 1 heterocycles. The molecule has 0 radical (unpaired) electrons. The lowest BCUT2D eigenvalue weighted by Crippen LogP contribution is -2.36. The van der Waals surface area contributed by atoms with Gasteiger partial charge >= 0.3 is 24.9 Å². The molecule has 1 saturated heterocycles. The van der Waals surface area contributed by atoms with Crippen LogP contribution in [0.3, 0.4) is 0 Å². The molecule has 1 aliphatic rings. The zero-order valence-electron chi connectivity index (χ0n) is 8.84. The zero-order chi connectivity index (χ0) is 11.9. The molecule has 0 saturated carbocycles. The molecule has 86 valence electrons. The first-order valence-electron chi connectivity index (χ1n) is 4.05. The number of ether oxygens (including phenoxy) is 2. The minimum atomic E-state index is -3.71. The predicted molar refractivity (Wildman–Crippen MR) is 49.3 cm³/mol. The van der Waals surface area contributed by atoms with E-state index in [1.165, 1.54) is 14.0 Å². The SMILES string of the molecule is COC(=O)C1(C)OC(=O)N(C)P1(=O)OC. The number of esters is 1. The maximum absolute atomic E-state index is 12.2. The van der Waals surface area contributed by atoms with Gasteiger partial charge in [-0.25, -0.2) is 14.3 Å². The van der Waals surface area contributed by atoms with Crippen LogP contribution in [0.15, 0.2) is 0 Å². The number of amides is 1. The second-order valence-electron chi connectivity index (χ2n) is 3.07. The summed E-state index contributed by atoms with van der Waals surface area (Å²) in [6.45, 7) is 1.20. The monoisotopic (exact) mass is 237 g/mol. The van der Waals surface area contributed by atoms with Crippen molar-refractivity contribution in [3.63, 3.8) is 0 Å². The first kappa shape index (κ1) is 12.0. The number of nitrogens with zero attached hydrogens (tertiary/aromatic N) is 1. The van der Waals surface area contributed by atoms with Crippen LogP contribution in [0.2, 0.25) is 0 Å². The largest absolute Gasteiger partial charge is 0.466 e. The molecule has 1 rings (SSSR count). The number of carbonyl (C=O) groups excluding carboxylic acids is 2. The Hall–Kier alpha value is -1.07. The summed E-state index contributed by atoms with van der Waals surface area (Å²) in [6.07, 6.45) is -0.881. The molecule has 0 spiro atoms. The third-order valence-corrected chi connectivity index (χ3v) is 5.10. The van der Waals surface area contributed by atoms with Crippen LogP contribution in [0.4, 0.5) is 4.79 Å². The molecule has 1 amide bonds. The summed E-state index contributed by atoms with van der Waals surface area (Å²) in [4.78, 5) is 22.7. The molecule has 0 aliphatic carbocycles. The van der Waals surface area contributed by atoms with Gasteiger partial charge in [-0.05, 0) is 6.92 Å². The molecule has 2 unspecified atom stereocenters. The minimum Gasteiger partial charge on any atom is -0.466 e. The topological polar surface area (TPSA) is 82.1 Å². The highest BCUT2D eigenvalue weighted by Gasteiger charge is 2.66. The van der Waals surface area contributed by atoms with E-state index in [1.807, 2.05) is 0 Å². The van der Waals surface area contributed by atoms with Crippen LogP contribution in [-0.4, -0.2) is 43.3 Å². The normalized spacial score (nSPS) is 35.2. The van der Waals surface area contributed by atoms with E-state index in [4.69, 9.17) is 9.26 Å². The summed E-state index contributed by atoms with van der Waals surface area (Å²) in [6, 6.07) is 0. The van der Waals surface area contributed by atoms with Crippen molar-refractivity contribution in [1.82, 2.24) is 4.67 Å². The predicted octanol–water partition coefficient (Wildman–Crippen LogP) is 0.797. The van der Waals surface area contributed by atoms with Gasteiger partial charge in [0.05, 0.1) is 7.11 Å². The first-order chi connectivity index (χ1) is 6.83. The first-order valence-corrected chi connectivity index (χ1v) is 5.62. The molecule has 8 heteroatoms. The molecule has 0 bridgehead atoms. The molecule has 0 aromatic rings. The Kier molecular flexibility index (Phi) is 2.80. The van der Waals surface area contributed by atoms with E-state index in [2.05, 4.69) is 4.74 Å². The average Bonchev–Trinajstić information content (AvgIpc) is 2.40. The van der Waals surface area contributed by atoms with Gasteiger partial charge in [0, 0.05) is 14.2 Å². The van der Waals surface area contributed by atoms with Gasteiger partial charge < -0.3 is 14.0 Å². The summed E-state index contributed by atoms with van der Waals surface area (Å²) < 4.78 is 27.0. The Balaban J connectivity index is 3.26. The lowest BCUT2D eigenvalue weighted by Gasteiger charge is -2.25. The molecule has 0 aromatic heterocycles. The zero-order valence-corrected chi connectivity index (χ0v) is 9.74. The number of cyclic esters (lactones) is 1. The third kappa shape index (κ3) is 1.34. The van der Waals surface area contributed by atoms with E-state index in [0.29, 0.717) is 0 Å². The molecule has 0 aromatic carbocycles. The van der Waals surface area contributed by atoms with E-state index in [9.17, 15) is 14.2 Å². The second kappa shape index (κ2) is 3.50. The van der Waals surface area contributed by atoms with E-state index >= 15 is 0 Å². The van der Waals surface area contributed by atoms with E-state index in [0.717, 1.165) is 18.9 Å². The summed E-state index contributed by atoms with van der Waals surface area (Å²) in [5.74, 6) is -0.912. The second-order valence-corrected chi connectivity index (χ2v) is 5.93. The Morgan fingerprint density at radius 1 is 1.53 bits per heavy atom. The van der Waals surface area contributed by atoms with E-state index in [1.54, 1.807) is 0 Å². The smallest absolute Gasteiger partial charge is 0.418 e. The van der Waals surface area contributed by atoms with Gasteiger partial charge in [-0.1, -0.05) is 0 Å². The number of rotatable bonds is 2. The van der Waals surface area contributed by atoms with Gasteiger partial charge in [0.25, 0.3) is 0 Å². The van der Waals surface area contributed by atoms with Crippen molar-refractivity contribution in [3.8, 4) is 0 Å². The molecule has 15 heavy (non-hydrogen) atoms. The maximum atomic E-state index is 12.2. The lowest BCUT2D eigenvalue weighted by molar-refractivity contribution is -0.152. The van der Waals surface area contributed by atoms with E-state index < -0.39 is 24.9 Å². The summed E-state index contributed by atoms with van der Waals surface area (Å²) >= 11 is 0. The number of hydrogen-bond donors (Lipinski definition) is 0. The fraction of sp³-hybridized carbons (Fsp3) is 0.714. The standard InChI is InChI=1S/C7H12NO6P/c1-7(5(9)12-3)14-6(10)8(2)15(7,11)13-4/h1-4H3. The van der Waals surface area contributed by atoms with Crippen LogP contribution in [0.5, 0.6) is 0 Å².